The Kier molecular flexibility index (Phi) is 7.97. The van der Waals surface area contributed by atoms with E-state index < -0.39 is 0 Å². The highest BCUT2D eigenvalue weighted by molar-refractivity contribution is 4.80. The molecule has 0 radical (unpaired) electrons. The minimum atomic E-state index is 0.795. The highest BCUT2D eigenvalue weighted by Gasteiger charge is 2.19. The number of hydrogen-bond donors (Lipinski definition) is 1. The van der Waals surface area contributed by atoms with Gasteiger partial charge in [-0.05, 0) is 45.8 Å². The molecule has 1 aliphatic carbocycles. The second kappa shape index (κ2) is 9.78. The van der Waals surface area contributed by atoms with Gasteiger partial charge in [0.05, 0.1) is 0 Å². The molecule has 1 saturated carbocycles. The van der Waals surface area contributed by atoms with E-state index in [-0.39, 0.29) is 0 Å². The second-order valence-electron chi connectivity index (χ2n) is 7.20. The Morgan fingerprint density at radius 1 is 0.600 bits per heavy atom. The molecule has 0 aromatic heterocycles. The van der Waals surface area contributed by atoms with Gasteiger partial charge in [-0.25, -0.2) is 0 Å². The Hall–Kier alpha value is -0.0800. The van der Waals surface area contributed by atoms with E-state index in [1.54, 1.807) is 0 Å². The van der Waals surface area contributed by atoms with Gasteiger partial charge in [0.15, 0.2) is 0 Å². The lowest BCUT2D eigenvalue weighted by Gasteiger charge is -2.33. The van der Waals surface area contributed by atoms with Crippen molar-refractivity contribution in [3.8, 4) is 0 Å². The quantitative estimate of drug-likeness (QED) is 0.809. The van der Waals surface area contributed by atoms with Crippen LogP contribution in [0.4, 0.5) is 0 Å². The Morgan fingerprint density at radius 3 is 1.50 bits per heavy atom. The first kappa shape index (κ1) is 16.3. The van der Waals surface area contributed by atoms with E-state index in [1.165, 1.54) is 96.6 Å². The maximum Gasteiger partial charge on any atom is 0.00939 e. The average Bonchev–Trinajstić information content (AvgIpc) is 2.44. The van der Waals surface area contributed by atoms with Crippen LogP contribution in [0.2, 0.25) is 0 Å². The zero-order valence-electron chi connectivity index (χ0n) is 13.7. The van der Waals surface area contributed by atoms with Crippen molar-refractivity contribution in [1.82, 2.24) is 10.2 Å². The number of hydrogen-bond acceptors (Lipinski definition) is 2. The Bertz CT molecular complexity index is 222. The Balaban J connectivity index is 1.71. The molecule has 2 nitrogen and oxygen atoms in total. The van der Waals surface area contributed by atoms with E-state index in [9.17, 15) is 0 Å². The van der Waals surface area contributed by atoms with Gasteiger partial charge in [-0.15, -0.1) is 0 Å². The van der Waals surface area contributed by atoms with Crippen LogP contribution < -0.4 is 5.32 Å². The molecule has 2 fully saturated rings. The maximum atomic E-state index is 4.00. The molecule has 2 heteroatoms. The Morgan fingerprint density at radius 2 is 1.00 bits per heavy atom. The SMILES string of the molecule is CN1CCC(NC2CCCCCCCCCCC2)CC1. The zero-order chi connectivity index (χ0) is 14.0. The van der Waals surface area contributed by atoms with Crippen LogP contribution in [0.1, 0.15) is 83.5 Å². The molecule has 0 aromatic carbocycles. The van der Waals surface area contributed by atoms with Gasteiger partial charge < -0.3 is 10.2 Å². The predicted molar refractivity (Wildman–Crippen MR) is 88.2 cm³/mol. The van der Waals surface area contributed by atoms with E-state index in [0.29, 0.717) is 0 Å². The molecule has 1 saturated heterocycles. The molecule has 118 valence electrons. The summed E-state index contributed by atoms with van der Waals surface area (Å²) in [5.41, 5.74) is 0. The van der Waals surface area contributed by atoms with E-state index >= 15 is 0 Å². The summed E-state index contributed by atoms with van der Waals surface area (Å²) in [6, 6.07) is 1.60. The number of nitrogens with one attached hydrogen (secondary N) is 1. The van der Waals surface area contributed by atoms with Gasteiger partial charge >= 0.3 is 0 Å². The van der Waals surface area contributed by atoms with Crippen molar-refractivity contribution in [3.05, 3.63) is 0 Å². The zero-order valence-corrected chi connectivity index (χ0v) is 13.7. The highest BCUT2D eigenvalue weighted by Crippen LogP contribution is 2.18. The first-order valence-electron chi connectivity index (χ1n) is 9.29. The third-order valence-electron chi connectivity index (χ3n) is 5.30. The van der Waals surface area contributed by atoms with Crippen LogP contribution in [-0.4, -0.2) is 37.1 Å². The number of piperidine rings is 1. The van der Waals surface area contributed by atoms with Crippen molar-refractivity contribution in [1.29, 1.82) is 0 Å². The van der Waals surface area contributed by atoms with E-state index in [0.717, 1.165) is 12.1 Å². The van der Waals surface area contributed by atoms with E-state index in [1.807, 2.05) is 0 Å². The van der Waals surface area contributed by atoms with Crippen molar-refractivity contribution in [3.63, 3.8) is 0 Å². The molecule has 20 heavy (non-hydrogen) atoms. The van der Waals surface area contributed by atoms with E-state index in [4.69, 9.17) is 0 Å². The fourth-order valence-corrected chi connectivity index (χ4v) is 3.84. The summed E-state index contributed by atoms with van der Waals surface area (Å²) in [5.74, 6) is 0. The number of rotatable bonds is 2. The van der Waals surface area contributed by atoms with Crippen LogP contribution in [0.5, 0.6) is 0 Å². The summed E-state index contributed by atoms with van der Waals surface area (Å²) in [7, 11) is 2.26. The van der Waals surface area contributed by atoms with Crippen molar-refractivity contribution < 1.29 is 0 Å². The summed E-state index contributed by atoms with van der Waals surface area (Å²) >= 11 is 0. The minimum absolute atomic E-state index is 0.795. The van der Waals surface area contributed by atoms with Crippen LogP contribution >= 0.6 is 0 Å². The summed E-state index contributed by atoms with van der Waals surface area (Å²) in [6.45, 7) is 2.56. The Labute approximate surface area is 126 Å². The molecule has 2 aliphatic rings. The molecule has 0 amide bonds. The van der Waals surface area contributed by atoms with Gasteiger partial charge in [0.1, 0.15) is 0 Å². The van der Waals surface area contributed by atoms with Gasteiger partial charge in [0.2, 0.25) is 0 Å². The minimum Gasteiger partial charge on any atom is -0.311 e. The lowest BCUT2D eigenvalue weighted by atomic mass is 9.96. The third-order valence-corrected chi connectivity index (χ3v) is 5.30. The maximum absolute atomic E-state index is 4.00. The van der Waals surface area contributed by atoms with E-state index in [2.05, 4.69) is 17.3 Å². The van der Waals surface area contributed by atoms with Crippen LogP contribution in [0.3, 0.4) is 0 Å². The first-order chi connectivity index (χ1) is 9.84. The van der Waals surface area contributed by atoms with Gasteiger partial charge in [0, 0.05) is 12.1 Å². The molecular weight excluding hydrogens is 244 g/mol. The van der Waals surface area contributed by atoms with Gasteiger partial charge in [-0.3, -0.25) is 0 Å². The smallest absolute Gasteiger partial charge is 0.00939 e. The first-order valence-corrected chi connectivity index (χ1v) is 9.29. The van der Waals surface area contributed by atoms with Crippen LogP contribution in [0, 0.1) is 0 Å². The highest BCUT2D eigenvalue weighted by atomic mass is 15.1. The molecule has 0 aromatic rings. The van der Waals surface area contributed by atoms with Crippen LogP contribution in [0.25, 0.3) is 0 Å². The molecule has 1 aliphatic heterocycles. The summed E-state index contributed by atoms with van der Waals surface area (Å²) in [5, 5.41) is 4.00. The largest absolute Gasteiger partial charge is 0.311 e. The fraction of sp³-hybridized carbons (Fsp3) is 1.00. The van der Waals surface area contributed by atoms with Gasteiger partial charge in [-0.2, -0.15) is 0 Å². The van der Waals surface area contributed by atoms with Crippen molar-refractivity contribution >= 4 is 0 Å². The molecule has 0 bridgehead atoms. The monoisotopic (exact) mass is 280 g/mol. The normalized spacial score (nSPS) is 26.9. The summed E-state index contributed by atoms with van der Waals surface area (Å²) in [4.78, 5) is 2.47. The molecule has 0 spiro atoms. The number of likely N-dealkylation sites (tertiary alicyclic amines) is 1. The fourth-order valence-electron chi connectivity index (χ4n) is 3.84. The molecule has 1 N–H and O–H groups in total. The third kappa shape index (κ3) is 6.58. The predicted octanol–water partition coefficient (Wildman–Crippen LogP) is 4.34. The molecule has 0 atom stereocenters. The molecule has 0 unspecified atom stereocenters. The van der Waals surface area contributed by atoms with Crippen molar-refractivity contribution in [2.75, 3.05) is 20.1 Å². The summed E-state index contributed by atoms with van der Waals surface area (Å²) in [6.07, 6.45) is 18.8. The van der Waals surface area contributed by atoms with Gasteiger partial charge in [0.25, 0.3) is 0 Å². The lowest BCUT2D eigenvalue weighted by Crippen LogP contribution is -2.45. The van der Waals surface area contributed by atoms with Gasteiger partial charge in [-0.1, -0.05) is 57.8 Å². The van der Waals surface area contributed by atoms with Crippen molar-refractivity contribution in [2.24, 2.45) is 0 Å². The average molecular weight is 280 g/mol. The number of nitrogens with zero attached hydrogens (tertiary/aromatic N) is 1. The molecule has 1 heterocycles. The standard InChI is InChI=1S/C18H36N2/c1-20-15-13-18(14-16-20)19-17-11-9-7-5-3-2-4-6-8-10-12-17/h17-19H,2-16H2,1H3. The molecular formula is C18H36N2. The topological polar surface area (TPSA) is 15.3 Å². The second-order valence-corrected chi connectivity index (χ2v) is 7.20. The summed E-state index contributed by atoms with van der Waals surface area (Å²) < 4.78 is 0. The lowest BCUT2D eigenvalue weighted by molar-refractivity contribution is 0.217. The van der Waals surface area contributed by atoms with Crippen LogP contribution in [-0.2, 0) is 0 Å². The van der Waals surface area contributed by atoms with Crippen molar-refractivity contribution in [2.45, 2.75) is 95.6 Å². The van der Waals surface area contributed by atoms with Crippen LogP contribution in [0.15, 0.2) is 0 Å². The molecule has 2 rings (SSSR count).